The summed E-state index contributed by atoms with van der Waals surface area (Å²) < 4.78 is 5.20. The summed E-state index contributed by atoms with van der Waals surface area (Å²) in [5.74, 6) is 5.53. The van der Waals surface area contributed by atoms with E-state index in [0.717, 1.165) is 16.3 Å². The molecule has 0 saturated carbocycles. The molecule has 0 aliphatic rings. The van der Waals surface area contributed by atoms with Crippen molar-refractivity contribution in [3.63, 3.8) is 0 Å². The third kappa shape index (κ3) is 4.14. The number of fused-ring (bicyclic) bond motifs is 1. The molecule has 3 nitrogen and oxygen atoms in total. The van der Waals surface area contributed by atoms with Crippen molar-refractivity contribution >= 4 is 22.3 Å². The molecule has 0 unspecified atom stereocenters. The Kier molecular flexibility index (Phi) is 5.43. The Labute approximate surface area is 136 Å². The zero-order chi connectivity index (χ0) is 16.8. The minimum atomic E-state index is -1.01. The second kappa shape index (κ2) is 7.51. The van der Waals surface area contributed by atoms with Gasteiger partial charge in [0.05, 0.1) is 12.9 Å². The molecule has 1 N–H and O–H groups in total. The Bertz CT molecular complexity index is 804. The number of ether oxygens (including phenoxy) is 1. The third-order valence-corrected chi connectivity index (χ3v) is 3.28. The van der Waals surface area contributed by atoms with Crippen molar-refractivity contribution in [1.29, 1.82) is 0 Å². The molecule has 2 aromatic carbocycles. The number of carboxylic acid groups (broad SMARTS) is 1. The van der Waals surface area contributed by atoms with Crippen molar-refractivity contribution in [2.24, 2.45) is 5.92 Å². The van der Waals surface area contributed by atoms with Crippen LogP contribution in [0.3, 0.4) is 0 Å². The number of carbonyl (C=O) groups is 1. The van der Waals surface area contributed by atoms with Crippen molar-refractivity contribution < 1.29 is 14.6 Å². The van der Waals surface area contributed by atoms with Gasteiger partial charge in [-0.25, -0.2) is 4.79 Å². The first kappa shape index (κ1) is 16.6. The molecule has 0 spiro atoms. The second-order valence-corrected chi connectivity index (χ2v) is 5.46. The van der Waals surface area contributed by atoms with E-state index in [4.69, 9.17) is 4.74 Å². The van der Waals surface area contributed by atoms with Gasteiger partial charge in [0.15, 0.2) is 0 Å². The van der Waals surface area contributed by atoms with Crippen molar-refractivity contribution in [2.45, 2.75) is 20.8 Å². The van der Waals surface area contributed by atoms with E-state index in [9.17, 15) is 9.90 Å². The molecule has 3 heteroatoms. The van der Waals surface area contributed by atoms with Crippen LogP contribution in [0, 0.1) is 17.8 Å². The minimum Gasteiger partial charge on any atom is -0.501 e. The Morgan fingerprint density at radius 2 is 2.09 bits per heavy atom. The highest BCUT2D eigenvalue weighted by molar-refractivity contribution is 6.19. The van der Waals surface area contributed by atoms with Crippen molar-refractivity contribution in [2.75, 3.05) is 6.61 Å². The van der Waals surface area contributed by atoms with E-state index in [0.29, 0.717) is 12.2 Å². The van der Waals surface area contributed by atoms with Crippen LogP contribution in [-0.2, 0) is 9.53 Å². The highest BCUT2D eigenvalue weighted by atomic mass is 16.5. The van der Waals surface area contributed by atoms with Crippen LogP contribution in [0.15, 0.2) is 42.7 Å². The Morgan fingerprint density at radius 3 is 2.74 bits per heavy atom. The minimum absolute atomic E-state index is 0.145. The molecule has 0 amide bonds. The molecule has 0 heterocycles. The lowest BCUT2D eigenvalue weighted by Crippen LogP contribution is -2.01. The van der Waals surface area contributed by atoms with Crippen LogP contribution in [-0.4, -0.2) is 17.7 Å². The summed E-state index contributed by atoms with van der Waals surface area (Å²) in [5.41, 5.74) is 1.66. The smallest absolute Gasteiger partial charge is 0.339 e. The Morgan fingerprint density at radius 1 is 1.30 bits per heavy atom. The normalized spacial score (nSPS) is 11.2. The van der Waals surface area contributed by atoms with Crippen LogP contribution >= 0.6 is 0 Å². The summed E-state index contributed by atoms with van der Waals surface area (Å²) in [4.78, 5) is 11.6. The van der Waals surface area contributed by atoms with Gasteiger partial charge in [-0.1, -0.05) is 50.0 Å². The number of hydrogen-bond acceptors (Lipinski definition) is 2. The lowest BCUT2D eigenvalue weighted by Gasteiger charge is -2.08. The van der Waals surface area contributed by atoms with Gasteiger partial charge in [0.25, 0.3) is 0 Å². The maximum absolute atomic E-state index is 11.6. The number of hydrogen-bond donors (Lipinski definition) is 1. The molecule has 0 aliphatic heterocycles. The van der Waals surface area contributed by atoms with Gasteiger partial charge >= 0.3 is 5.97 Å². The van der Waals surface area contributed by atoms with Gasteiger partial charge in [0, 0.05) is 11.5 Å². The van der Waals surface area contributed by atoms with E-state index in [1.165, 1.54) is 6.26 Å². The summed E-state index contributed by atoms with van der Waals surface area (Å²) in [5, 5.41) is 11.3. The van der Waals surface area contributed by atoms with Gasteiger partial charge < -0.3 is 9.84 Å². The summed E-state index contributed by atoms with van der Waals surface area (Å²) >= 11 is 0. The van der Waals surface area contributed by atoms with Gasteiger partial charge in [-0.15, -0.1) is 0 Å². The SMILES string of the molecule is CCOC=C(C(=O)O)c1cccc2ccc(C#CC(C)C)cc12. The molecule has 0 atom stereocenters. The molecule has 0 radical (unpaired) electrons. The van der Waals surface area contributed by atoms with Gasteiger partial charge in [0.2, 0.25) is 0 Å². The largest absolute Gasteiger partial charge is 0.501 e. The number of aliphatic carboxylic acids is 1. The number of carboxylic acids is 1. The van der Waals surface area contributed by atoms with Gasteiger partial charge in [-0.2, -0.15) is 0 Å². The van der Waals surface area contributed by atoms with Crippen LogP contribution < -0.4 is 0 Å². The first-order valence-corrected chi connectivity index (χ1v) is 7.62. The van der Waals surface area contributed by atoms with Crippen LogP contribution in [0.25, 0.3) is 16.3 Å². The molecular weight excluding hydrogens is 288 g/mol. The van der Waals surface area contributed by atoms with Crippen molar-refractivity contribution in [1.82, 2.24) is 0 Å². The molecule has 0 bridgehead atoms. The summed E-state index contributed by atoms with van der Waals surface area (Å²) in [7, 11) is 0. The zero-order valence-electron chi connectivity index (χ0n) is 13.6. The summed E-state index contributed by atoms with van der Waals surface area (Å²) in [6, 6.07) is 11.4. The molecule has 0 aliphatic carbocycles. The number of benzene rings is 2. The molecule has 0 saturated heterocycles. The molecule has 118 valence electrons. The van der Waals surface area contributed by atoms with E-state index in [-0.39, 0.29) is 11.5 Å². The monoisotopic (exact) mass is 308 g/mol. The zero-order valence-corrected chi connectivity index (χ0v) is 13.6. The van der Waals surface area contributed by atoms with Crippen LogP contribution in [0.1, 0.15) is 31.9 Å². The quantitative estimate of drug-likeness (QED) is 0.520. The highest BCUT2D eigenvalue weighted by Gasteiger charge is 2.14. The van der Waals surface area contributed by atoms with Crippen LogP contribution in [0.4, 0.5) is 0 Å². The fraction of sp³-hybridized carbons (Fsp3) is 0.250. The summed E-state index contributed by atoms with van der Waals surface area (Å²) in [6.45, 7) is 6.31. The topological polar surface area (TPSA) is 46.5 Å². The molecular formula is C20H20O3. The molecule has 0 fully saturated rings. The maximum Gasteiger partial charge on any atom is 0.339 e. The predicted molar refractivity (Wildman–Crippen MR) is 92.9 cm³/mol. The predicted octanol–water partition coefficient (Wildman–Crippen LogP) is 4.31. The van der Waals surface area contributed by atoms with E-state index in [2.05, 4.69) is 11.8 Å². The van der Waals surface area contributed by atoms with Crippen LogP contribution in [0.2, 0.25) is 0 Å². The van der Waals surface area contributed by atoms with Gasteiger partial charge in [-0.05, 0) is 35.4 Å². The van der Waals surface area contributed by atoms with Crippen LogP contribution in [0.5, 0.6) is 0 Å². The Balaban J connectivity index is 2.61. The highest BCUT2D eigenvalue weighted by Crippen LogP contribution is 2.26. The van der Waals surface area contributed by atoms with Crippen molar-refractivity contribution in [3.05, 3.63) is 53.8 Å². The van der Waals surface area contributed by atoms with E-state index < -0.39 is 5.97 Å². The average Bonchev–Trinajstić information content (AvgIpc) is 2.53. The van der Waals surface area contributed by atoms with Crippen molar-refractivity contribution in [3.8, 4) is 11.8 Å². The lowest BCUT2D eigenvalue weighted by molar-refractivity contribution is -0.130. The van der Waals surface area contributed by atoms with E-state index >= 15 is 0 Å². The lowest BCUT2D eigenvalue weighted by atomic mass is 9.97. The molecule has 2 aromatic rings. The van der Waals surface area contributed by atoms with E-state index in [1.807, 2.05) is 51.1 Å². The molecule has 0 aromatic heterocycles. The fourth-order valence-electron chi connectivity index (χ4n) is 2.21. The Hall–Kier alpha value is -2.73. The third-order valence-electron chi connectivity index (χ3n) is 3.28. The van der Waals surface area contributed by atoms with Gasteiger partial charge in [0.1, 0.15) is 5.57 Å². The number of rotatable bonds is 4. The average molecular weight is 308 g/mol. The maximum atomic E-state index is 11.6. The van der Waals surface area contributed by atoms with E-state index in [1.54, 1.807) is 6.07 Å². The van der Waals surface area contributed by atoms with Gasteiger partial charge in [-0.3, -0.25) is 0 Å². The second-order valence-electron chi connectivity index (χ2n) is 5.46. The molecule has 23 heavy (non-hydrogen) atoms. The molecule has 2 rings (SSSR count). The standard InChI is InChI=1S/C20H20O3/c1-4-23-13-19(20(21)22)17-7-5-6-16-11-10-15(12-18(16)17)9-8-14(2)3/h5-7,10-14H,4H2,1-3H3,(H,21,22). The first-order valence-electron chi connectivity index (χ1n) is 7.62. The first-order chi connectivity index (χ1) is 11.0. The fourth-order valence-corrected chi connectivity index (χ4v) is 2.21. The summed E-state index contributed by atoms with van der Waals surface area (Å²) in [6.07, 6.45) is 1.31.